The summed E-state index contributed by atoms with van der Waals surface area (Å²) in [7, 11) is 0. The topological polar surface area (TPSA) is 41.5 Å². The van der Waals surface area contributed by atoms with Crippen molar-refractivity contribution in [3.8, 4) is 12.3 Å². The maximum Gasteiger partial charge on any atom is 0.128 e. The molecule has 0 amide bonds. The Morgan fingerprint density at radius 3 is 2.27 bits per heavy atom. The van der Waals surface area contributed by atoms with Crippen molar-refractivity contribution in [1.82, 2.24) is 5.32 Å². The molecule has 1 saturated carbocycles. The van der Waals surface area contributed by atoms with Crippen LogP contribution in [0.3, 0.4) is 0 Å². The molecule has 0 aromatic carbocycles. The summed E-state index contributed by atoms with van der Waals surface area (Å²) in [6, 6.07) is 0. The summed E-state index contributed by atoms with van der Waals surface area (Å²) in [5.41, 5.74) is -0.193. The van der Waals surface area contributed by atoms with Crippen LogP contribution in [0.15, 0.2) is 0 Å². The number of hydrogen-bond donors (Lipinski definition) is 2. The Kier molecular flexibility index (Phi) is 6.92. The third-order valence-electron chi connectivity index (χ3n) is 4.26. The molecule has 2 N–H and O–H groups in total. The normalized spacial score (nSPS) is 20.4. The van der Waals surface area contributed by atoms with Gasteiger partial charge in [-0.15, -0.1) is 6.42 Å². The first kappa shape index (κ1) is 19.5. The van der Waals surface area contributed by atoms with Gasteiger partial charge in [-0.2, -0.15) is 0 Å². The molecule has 1 atom stereocenters. The maximum absolute atomic E-state index is 10.2. The molecule has 1 aliphatic rings. The van der Waals surface area contributed by atoms with Crippen molar-refractivity contribution in [2.45, 2.75) is 90.4 Å². The van der Waals surface area contributed by atoms with Crippen molar-refractivity contribution < 1.29 is 9.84 Å². The molecule has 128 valence electrons. The predicted molar refractivity (Wildman–Crippen MR) is 92.8 cm³/mol. The van der Waals surface area contributed by atoms with Crippen molar-refractivity contribution in [1.29, 1.82) is 0 Å². The molecule has 0 heterocycles. The van der Waals surface area contributed by atoms with E-state index in [-0.39, 0.29) is 11.0 Å². The van der Waals surface area contributed by atoms with Gasteiger partial charge < -0.3 is 15.2 Å². The minimum atomic E-state index is -0.522. The molecule has 0 aromatic rings. The molecule has 1 fully saturated rings. The number of ether oxygens (including phenoxy) is 1. The van der Waals surface area contributed by atoms with E-state index in [0.717, 1.165) is 32.1 Å². The molecule has 0 bridgehead atoms. The van der Waals surface area contributed by atoms with Gasteiger partial charge in [0.05, 0.1) is 12.7 Å². The second-order valence-electron chi connectivity index (χ2n) is 8.67. The molecule has 1 unspecified atom stereocenters. The van der Waals surface area contributed by atoms with Gasteiger partial charge in [0.25, 0.3) is 0 Å². The molecular weight excluding hydrogens is 274 g/mol. The summed E-state index contributed by atoms with van der Waals surface area (Å²) >= 11 is 0. The molecule has 1 rings (SSSR count). The Bertz CT molecular complexity index is 370. The lowest BCUT2D eigenvalue weighted by atomic mass is 9.82. The lowest BCUT2D eigenvalue weighted by molar-refractivity contribution is -0.0642. The highest BCUT2D eigenvalue weighted by molar-refractivity contribution is 5.09. The van der Waals surface area contributed by atoms with Crippen molar-refractivity contribution >= 4 is 0 Å². The van der Waals surface area contributed by atoms with Gasteiger partial charge in [0, 0.05) is 12.1 Å². The first-order valence-electron chi connectivity index (χ1n) is 8.62. The minimum Gasteiger partial charge on any atom is -0.389 e. The molecule has 0 aliphatic heterocycles. The van der Waals surface area contributed by atoms with E-state index in [1.807, 2.05) is 0 Å². The third kappa shape index (κ3) is 7.13. The van der Waals surface area contributed by atoms with Gasteiger partial charge in [-0.1, -0.05) is 33.1 Å². The van der Waals surface area contributed by atoms with Crippen LogP contribution in [0.5, 0.6) is 0 Å². The molecule has 22 heavy (non-hydrogen) atoms. The molecule has 3 heteroatoms. The van der Waals surface area contributed by atoms with E-state index in [1.54, 1.807) is 0 Å². The molecule has 0 spiro atoms. The van der Waals surface area contributed by atoms with Crippen LogP contribution in [-0.2, 0) is 4.74 Å². The van der Waals surface area contributed by atoms with E-state index in [9.17, 15) is 5.11 Å². The molecule has 0 aromatic heterocycles. The van der Waals surface area contributed by atoms with Crippen LogP contribution >= 0.6 is 0 Å². The summed E-state index contributed by atoms with van der Waals surface area (Å²) in [5.74, 6) is 2.82. The molecule has 1 aliphatic carbocycles. The summed E-state index contributed by atoms with van der Waals surface area (Å²) in [5, 5.41) is 13.6. The van der Waals surface area contributed by atoms with Gasteiger partial charge in [0.1, 0.15) is 5.60 Å². The zero-order valence-electron chi connectivity index (χ0n) is 15.2. The van der Waals surface area contributed by atoms with Crippen LogP contribution < -0.4 is 5.32 Å². The number of hydrogen-bond acceptors (Lipinski definition) is 3. The highest BCUT2D eigenvalue weighted by Crippen LogP contribution is 2.31. The standard InChI is InChI=1S/C19H35NO2/c1-7-19(11-9-8-10-12-19)22-14-16(21)13-20-18(5,6)15-17(2,3)4/h1,16,20-21H,8-15H2,2-6H3. The van der Waals surface area contributed by atoms with Gasteiger partial charge in [-0.25, -0.2) is 0 Å². The Labute approximate surface area is 137 Å². The summed E-state index contributed by atoms with van der Waals surface area (Å²) < 4.78 is 5.92. The Morgan fingerprint density at radius 2 is 1.77 bits per heavy atom. The molecule has 0 radical (unpaired) electrons. The fraction of sp³-hybridized carbons (Fsp3) is 0.895. The zero-order valence-corrected chi connectivity index (χ0v) is 15.2. The highest BCUT2D eigenvalue weighted by atomic mass is 16.5. The van der Waals surface area contributed by atoms with Gasteiger partial charge in [0.2, 0.25) is 0 Å². The number of terminal acetylenes is 1. The first-order chi connectivity index (χ1) is 10.1. The van der Waals surface area contributed by atoms with Crippen LogP contribution in [0.4, 0.5) is 0 Å². The third-order valence-corrected chi connectivity index (χ3v) is 4.26. The van der Waals surface area contributed by atoms with E-state index in [2.05, 4.69) is 45.9 Å². The van der Waals surface area contributed by atoms with Crippen LogP contribution in [0.25, 0.3) is 0 Å². The summed E-state index contributed by atoms with van der Waals surface area (Å²) in [4.78, 5) is 0. The lowest BCUT2D eigenvalue weighted by Gasteiger charge is -2.35. The summed E-state index contributed by atoms with van der Waals surface area (Å²) in [6.07, 6.45) is 11.5. The van der Waals surface area contributed by atoms with Crippen molar-refractivity contribution in [2.75, 3.05) is 13.2 Å². The lowest BCUT2D eigenvalue weighted by Crippen LogP contribution is -2.47. The van der Waals surface area contributed by atoms with Gasteiger partial charge in [0.15, 0.2) is 0 Å². The number of aliphatic hydroxyl groups is 1. The number of rotatable bonds is 7. The van der Waals surface area contributed by atoms with Crippen LogP contribution in [-0.4, -0.2) is 35.5 Å². The summed E-state index contributed by atoms with van der Waals surface area (Å²) in [6.45, 7) is 11.9. The molecule has 0 saturated heterocycles. The van der Waals surface area contributed by atoms with E-state index in [1.165, 1.54) is 6.42 Å². The quantitative estimate of drug-likeness (QED) is 0.707. The fourth-order valence-electron chi connectivity index (χ4n) is 3.55. The maximum atomic E-state index is 10.2. The van der Waals surface area contributed by atoms with E-state index in [0.29, 0.717) is 13.2 Å². The van der Waals surface area contributed by atoms with Gasteiger partial charge in [-0.05, 0) is 51.4 Å². The Hall–Kier alpha value is -0.560. The monoisotopic (exact) mass is 309 g/mol. The fourth-order valence-corrected chi connectivity index (χ4v) is 3.55. The van der Waals surface area contributed by atoms with Crippen molar-refractivity contribution in [3.05, 3.63) is 0 Å². The largest absolute Gasteiger partial charge is 0.389 e. The van der Waals surface area contributed by atoms with E-state index < -0.39 is 11.7 Å². The second-order valence-corrected chi connectivity index (χ2v) is 8.67. The number of aliphatic hydroxyl groups excluding tert-OH is 1. The molecule has 3 nitrogen and oxygen atoms in total. The average Bonchev–Trinajstić information content (AvgIpc) is 2.41. The SMILES string of the molecule is C#CC1(OCC(O)CNC(C)(C)CC(C)(C)C)CCCCC1. The first-order valence-corrected chi connectivity index (χ1v) is 8.62. The van der Waals surface area contributed by atoms with Crippen LogP contribution in [0.1, 0.15) is 73.1 Å². The van der Waals surface area contributed by atoms with Gasteiger partial charge >= 0.3 is 0 Å². The van der Waals surface area contributed by atoms with E-state index in [4.69, 9.17) is 11.2 Å². The van der Waals surface area contributed by atoms with Crippen molar-refractivity contribution in [2.24, 2.45) is 5.41 Å². The van der Waals surface area contributed by atoms with Crippen LogP contribution in [0.2, 0.25) is 0 Å². The van der Waals surface area contributed by atoms with Crippen molar-refractivity contribution in [3.63, 3.8) is 0 Å². The van der Waals surface area contributed by atoms with E-state index >= 15 is 0 Å². The Morgan fingerprint density at radius 1 is 1.18 bits per heavy atom. The predicted octanol–water partition coefficient (Wildman–Crippen LogP) is 3.50. The van der Waals surface area contributed by atoms with Crippen LogP contribution in [0, 0.1) is 17.8 Å². The molecular formula is C19H35NO2. The van der Waals surface area contributed by atoms with Gasteiger partial charge in [-0.3, -0.25) is 0 Å². The smallest absolute Gasteiger partial charge is 0.128 e. The average molecular weight is 309 g/mol. The zero-order chi connectivity index (χ0) is 16.9. The minimum absolute atomic E-state index is 0.00608. The Balaban J connectivity index is 2.37. The number of nitrogens with one attached hydrogen (secondary N) is 1. The highest BCUT2D eigenvalue weighted by Gasteiger charge is 2.32. The number of β-amino-alcohol motifs (C(OH)–C–C–N with tert-alkyl or cyclic N) is 1. The second kappa shape index (κ2) is 7.81.